The first kappa shape index (κ1) is 14.2. The van der Waals surface area contributed by atoms with Crippen molar-refractivity contribution in [1.82, 2.24) is 4.90 Å². The molecule has 0 heterocycles. The molecule has 0 saturated heterocycles. The van der Waals surface area contributed by atoms with Crippen molar-refractivity contribution in [2.75, 3.05) is 19.6 Å². The summed E-state index contributed by atoms with van der Waals surface area (Å²) in [5.41, 5.74) is 6.68. The second kappa shape index (κ2) is 5.91. The van der Waals surface area contributed by atoms with Gasteiger partial charge in [0.15, 0.2) is 0 Å². The lowest BCUT2D eigenvalue weighted by atomic mass is 9.93. The summed E-state index contributed by atoms with van der Waals surface area (Å²) in [6, 6.07) is 0. The minimum absolute atomic E-state index is 0.0127. The fraction of sp³-hybridized carbons (Fsp3) is 0.750. The van der Waals surface area contributed by atoms with Gasteiger partial charge in [-0.25, -0.2) is 0 Å². The summed E-state index contributed by atoms with van der Waals surface area (Å²) in [6.07, 6.45) is 1.68. The zero-order valence-corrected chi connectivity index (χ0v) is 10.6. The van der Waals surface area contributed by atoms with Crippen LogP contribution >= 0.6 is 0 Å². The maximum Gasteiger partial charge on any atom is 0.246 e. The average molecular weight is 212 g/mol. The number of nitrogens with zero attached hydrogens (tertiary/aromatic N) is 1. The molecule has 0 aliphatic heterocycles. The van der Waals surface area contributed by atoms with Gasteiger partial charge in [-0.05, 0) is 32.7 Å². The van der Waals surface area contributed by atoms with Gasteiger partial charge < -0.3 is 10.6 Å². The topological polar surface area (TPSA) is 46.3 Å². The Hall–Kier alpha value is -0.830. The third-order valence-electron chi connectivity index (χ3n) is 2.28. The van der Waals surface area contributed by atoms with E-state index in [1.807, 2.05) is 25.7 Å². The van der Waals surface area contributed by atoms with Crippen LogP contribution in [0.1, 0.15) is 34.6 Å². The van der Waals surface area contributed by atoms with Gasteiger partial charge in [-0.3, -0.25) is 4.79 Å². The van der Waals surface area contributed by atoms with E-state index in [2.05, 4.69) is 13.8 Å². The van der Waals surface area contributed by atoms with Crippen molar-refractivity contribution in [3.63, 3.8) is 0 Å². The molecule has 0 atom stereocenters. The van der Waals surface area contributed by atoms with E-state index in [1.54, 1.807) is 6.08 Å². The molecule has 88 valence electrons. The van der Waals surface area contributed by atoms with Crippen molar-refractivity contribution in [1.29, 1.82) is 0 Å². The van der Waals surface area contributed by atoms with E-state index < -0.39 is 0 Å². The molecular formula is C12H24N2O. The van der Waals surface area contributed by atoms with Crippen LogP contribution in [-0.4, -0.2) is 30.4 Å². The monoisotopic (exact) mass is 212 g/mol. The van der Waals surface area contributed by atoms with Crippen molar-refractivity contribution < 1.29 is 4.79 Å². The quantitative estimate of drug-likeness (QED) is 0.706. The van der Waals surface area contributed by atoms with E-state index >= 15 is 0 Å². The second-order valence-electron chi connectivity index (χ2n) is 4.94. The molecule has 0 aromatic heterocycles. The number of likely N-dealkylation sites (N-methyl/N-ethyl adjacent to an activating group) is 1. The van der Waals surface area contributed by atoms with Crippen molar-refractivity contribution in [2.45, 2.75) is 34.6 Å². The molecule has 15 heavy (non-hydrogen) atoms. The predicted octanol–water partition coefficient (Wildman–Crippen LogP) is 1.79. The molecule has 0 aromatic carbocycles. The molecule has 0 bridgehead atoms. The van der Waals surface area contributed by atoms with Crippen LogP contribution in [0.25, 0.3) is 0 Å². The zero-order valence-electron chi connectivity index (χ0n) is 10.6. The number of hydrogen-bond donors (Lipinski definition) is 1. The smallest absolute Gasteiger partial charge is 0.246 e. The number of carbonyl (C=O) groups is 1. The van der Waals surface area contributed by atoms with Crippen LogP contribution < -0.4 is 5.73 Å². The molecule has 0 aromatic rings. The predicted molar refractivity (Wildman–Crippen MR) is 64.5 cm³/mol. The molecule has 3 heteroatoms. The highest BCUT2D eigenvalue weighted by molar-refractivity contribution is 5.88. The molecule has 2 N–H and O–H groups in total. The minimum atomic E-state index is -0.0127. The van der Waals surface area contributed by atoms with E-state index in [0.29, 0.717) is 13.1 Å². The van der Waals surface area contributed by atoms with E-state index in [4.69, 9.17) is 5.73 Å². The Balaban J connectivity index is 4.51. The summed E-state index contributed by atoms with van der Waals surface area (Å²) in [5, 5.41) is 0. The van der Waals surface area contributed by atoms with Gasteiger partial charge in [0, 0.05) is 19.2 Å². The first-order chi connectivity index (χ1) is 6.82. The lowest BCUT2D eigenvalue weighted by molar-refractivity contribution is -0.127. The number of hydrogen-bond acceptors (Lipinski definition) is 2. The van der Waals surface area contributed by atoms with Crippen molar-refractivity contribution in [3.8, 4) is 0 Å². The van der Waals surface area contributed by atoms with Crippen LogP contribution in [0.5, 0.6) is 0 Å². The third kappa shape index (κ3) is 5.57. The average Bonchev–Trinajstić information content (AvgIpc) is 2.13. The molecule has 0 aliphatic rings. The number of allylic oxidation sites excluding steroid dienone is 1. The number of rotatable bonds is 5. The van der Waals surface area contributed by atoms with Crippen LogP contribution in [-0.2, 0) is 4.79 Å². The number of nitrogens with two attached hydrogens (primary N) is 1. The standard InChI is InChI=1S/C12H24N2O/c1-6-14(9-12(4,5)8-13)11(15)7-10(2)3/h7H,6,8-9,13H2,1-5H3. The van der Waals surface area contributed by atoms with Crippen molar-refractivity contribution in [2.24, 2.45) is 11.1 Å². The Kier molecular flexibility index (Phi) is 5.58. The SMILES string of the molecule is CCN(CC(C)(C)CN)C(=O)C=C(C)C. The zero-order chi connectivity index (χ0) is 12.1. The molecule has 0 saturated carbocycles. The Morgan fingerprint density at radius 2 is 1.93 bits per heavy atom. The van der Waals surface area contributed by atoms with Gasteiger partial charge in [0.1, 0.15) is 0 Å². The van der Waals surface area contributed by atoms with Gasteiger partial charge in [0.2, 0.25) is 5.91 Å². The summed E-state index contributed by atoms with van der Waals surface area (Å²) in [4.78, 5) is 13.6. The van der Waals surface area contributed by atoms with Crippen molar-refractivity contribution >= 4 is 5.91 Å². The summed E-state index contributed by atoms with van der Waals surface area (Å²) in [5.74, 6) is 0.0824. The molecular weight excluding hydrogens is 188 g/mol. The highest BCUT2D eigenvalue weighted by Crippen LogP contribution is 2.15. The van der Waals surface area contributed by atoms with Gasteiger partial charge >= 0.3 is 0 Å². The molecule has 0 aliphatic carbocycles. The minimum Gasteiger partial charge on any atom is -0.339 e. The van der Waals surface area contributed by atoms with Gasteiger partial charge in [0.05, 0.1) is 0 Å². The van der Waals surface area contributed by atoms with E-state index in [0.717, 1.165) is 12.1 Å². The molecule has 1 amide bonds. The van der Waals surface area contributed by atoms with E-state index in [-0.39, 0.29) is 11.3 Å². The highest BCUT2D eigenvalue weighted by atomic mass is 16.2. The summed E-state index contributed by atoms with van der Waals surface area (Å²) in [7, 11) is 0. The molecule has 0 rings (SSSR count). The summed E-state index contributed by atoms with van der Waals surface area (Å²) in [6.45, 7) is 12.0. The largest absolute Gasteiger partial charge is 0.339 e. The number of carbonyl (C=O) groups excluding carboxylic acids is 1. The Bertz CT molecular complexity index is 240. The Morgan fingerprint density at radius 3 is 2.27 bits per heavy atom. The fourth-order valence-corrected chi connectivity index (χ4v) is 1.27. The summed E-state index contributed by atoms with van der Waals surface area (Å²) < 4.78 is 0. The maximum absolute atomic E-state index is 11.8. The Morgan fingerprint density at radius 1 is 1.40 bits per heavy atom. The lowest BCUT2D eigenvalue weighted by Gasteiger charge is -2.30. The van der Waals surface area contributed by atoms with Crippen LogP contribution in [0.4, 0.5) is 0 Å². The molecule has 0 spiro atoms. The molecule has 3 nitrogen and oxygen atoms in total. The molecule has 0 fully saturated rings. The van der Waals surface area contributed by atoms with Gasteiger partial charge in [-0.15, -0.1) is 0 Å². The fourth-order valence-electron chi connectivity index (χ4n) is 1.27. The normalized spacial score (nSPS) is 11.1. The third-order valence-corrected chi connectivity index (χ3v) is 2.28. The van der Waals surface area contributed by atoms with E-state index in [9.17, 15) is 4.79 Å². The van der Waals surface area contributed by atoms with Gasteiger partial charge in [-0.1, -0.05) is 19.4 Å². The molecule has 0 radical (unpaired) electrons. The van der Waals surface area contributed by atoms with E-state index in [1.165, 1.54) is 0 Å². The van der Waals surface area contributed by atoms with Crippen LogP contribution in [0.15, 0.2) is 11.6 Å². The lowest BCUT2D eigenvalue weighted by Crippen LogP contribution is -2.41. The van der Waals surface area contributed by atoms with Crippen LogP contribution in [0.3, 0.4) is 0 Å². The van der Waals surface area contributed by atoms with Crippen molar-refractivity contribution in [3.05, 3.63) is 11.6 Å². The second-order valence-corrected chi connectivity index (χ2v) is 4.94. The number of amides is 1. The summed E-state index contributed by atoms with van der Waals surface area (Å²) >= 11 is 0. The van der Waals surface area contributed by atoms with Crippen LogP contribution in [0, 0.1) is 5.41 Å². The Labute approximate surface area is 93.3 Å². The van der Waals surface area contributed by atoms with Gasteiger partial charge in [0.25, 0.3) is 0 Å². The van der Waals surface area contributed by atoms with Gasteiger partial charge in [-0.2, -0.15) is 0 Å². The maximum atomic E-state index is 11.8. The molecule has 0 unspecified atom stereocenters. The highest BCUT2D eigenvalue weighted by Gasteiger charge is 2.21. The first-order valence-electron chi connectivity index (χ1n) is 5.46. The first-order valence-corrected chi connectivity index (χ1v) is 5.46. The van der Waals surface area contributed by atoms with Crippen LogP contribution in [0.2, 0.25) is 0 Å².